The summed E-state index contributed by atoms with van der Waals surface area (Å²) in [5.41, 5.74) is 1.66. The molecule has 0 fully saturated rings. The Morgan fingerprint density at radius 1 is 1.00 bits per heavy atom. The van der Waals surface area contributed by atoms with Crippen molar-refractivity contribution in [1.29, 1.82) is 5.26 Å². The highest BCUT2D eigenvalue weighted by atomic mass is 16.5. The van der Waals surface area contributed by atoms with Crippen LogP contribution in [0.3, 0.4) is 0 Å². The minimum atomic E-state index is -0.447. The summed E-state index contributed by atoms with van der Waals surface area (Å²) in [5, 5.41) is 12.5. The molecule has 4 nitrogen and oxygen atoms in total. The standard InChI is InChI=1S/C16H16N2O2/c1-19-13-9-7-12(8-10-13)15(11-17)18-14-5-3-4-6-16(14)20-2/h3-10,15,18H,1-2H3/t15-/m1/s1. The first kappa shape index (κ1) is 13.8. The van der Waals surface area contributed by atoms with Gasteiger partial charge in [-0.25, -0.2) is 0 Å². The van der Waals surface area contributed by atoms with Crippen LogP contribution in [0.4, 0.5) is 5.69 Å². The predicted octanol–water partition coefficient (Wildman–Crippen LogP) is 3.38. The molecule has 2 rings (SSSR count). The van der Waals surface area contributed by atoms with E-state index in [1.54, 1.807) is 14.2 Å². The number of nitrogens with zero attached hydrogens (tertiary/aromatic N) is 1. The number of nitrogens with one attached hydrogen (secondary N) is 1. The average Bonchev–Trinajstić information content (AvgIpc) is 2.53. The molecule has 0 saturated heterocycles. The van der Waals surface area contributed by atoms with Crippen molar-refractivity contribution in [2.45, 2.75) is 6.04 Å². The maximum absolute atomic E-state index is 9.35. The smallest absolute Gasteiger partial charge is 0.141 e. The van der Waals surface area contributed by atoms with Crippen LogP contribution in [-0.2, 0) is 0 Å². The summed E-state index contributed by atoms with van der Waals surface area (Å²) in [5.74, 6) is 1.48. The number of para-hydroxylation sites is 2. The molecule has 2 aromatic carbocycles. The quantitative estimate of drug-likeness (QED) is 0.903. The predicted molar refractivity (Wildman–Crippen MR) is 78.0 cm³/mol. The maximum atomic E-state index is 9.35. The molecule has 0 aliphatic carbocycles. The highest BCUT2D eigenvalue weighted by Gasteiger charge is 2.12. The van der Waals surface area contributed by atoms with E-state index >= 15 is 0 Å². The van der Waals surface area contributed by atoms with E-state index in [-0.39, 0.29) is 0 Å². The highest BCUT2D eigenvalue weighted by Crippen LogP contribution is 2.28. The lowest BCUT2D eigenvalue weighted by molar-refractivity contribution is 0.414. The zero-order valence-electron chi connectivity index (χ0n) is 11.5. The first-order chi connectivity index (χ1) is 9.78. The van der Waals surface area contributed by atoms with Crippen LogP contribution in [0, 0.1) is 11.3 Å². The molecule has 0 radical (unpaired) electrons. The summed E-state index contributed by atoms with van der Waals surface area (Å²) in [6.07, 6.45) is 0. The Hall–Kier alpha value is -2.67. The SMILES string of the molecule is COc1ccc([C@@H](C#N)Nc2ccccc2OC)cc1. The third-order valence-corrected chi connectivity index (χ3v) is 2.99. The molecule has 1 atom stereocenters. The highest BCUT2D eigenvalue weighted by molar-refractivity contribution is 5.58. The summed E-state index contributed by atoms with van der Waals surface area (Å²) in [6, 6.07) is 16.7. The number of nitriles is 1. The topological polar surface area (TPSA) is 54.3 Å². The molecule has 0 bridgehead atoms. The molecule has 2 aromatic rings. The van der Waals surface area contributed by atoms with Crippen molar-refractivity contribution in [2.24, 2.45) is 0 Å². The fraction of sp³-hybridized carbons (Fsp3) is 0.188. The molecule has 0 amide bonds. The Kier molecular flexibility index (Phi) is 4.46. The van der Waals surface area contributed by atoms with Crippen molar-refractivity contribution >= 4 is 5.69 Å². The zero-order chi connectivity index (χ0) is 14.4. The third-order valence-electron chi connectivity index (χ3n) is 2.99. The molecular formula is C16H16N2O2. The molecule has 0 aromatic heterocycles. The largest absolute Gasteiger partial charge is 0.497 e. The van der Waals surface area contributed by atoms with Crippen molar-refractivity contribution in [3.8, 4) is 17.6 Å². The van der Waals surface area contributed by atoms with Gasteiger partial charge in [-0.2, -0.15) is 5.26 Å². The van der Waals surface area contributed by atoms with Crippen LogP contribution in [0.5, 0.6) is 11.5 Å². The van der Waals surface area contributed by atoms with Gasteiger partial charge in [0.25, 0.3) is 0 Å². The summed E-state index contributed by atoms with van der Waals surface area (Å²) in [4.78, 5) is 0. The number of anilines is 1. The van der Waals surface area contributed by atoms with Gasteiger partial charge < -0.3 is 14.8 Å². The van der Waals surface area contributed by atoms with Gasteiger partial charge in [0.15, 0.2) is 0 Å². The van der Waals surface area contributed by atoms with Gasteiger partial charge in [0.2, 0.25) is 0 Å². The van der Waals surface area contributed by atoms with Gasteiger partial charge in [0, 0.05) is 0 Å². The summed E-state index contributed by atoms with van der Waals surface area (Å²) in [6.45, 7) is 0. The molecule has 20 heavy (non-hydrogen) atoms. The van der Waals surface area contributed by atoms with Crippen LogP contribution in [0.25, 0.3) is 0 Å². The molecule has 0 aliphatic rings. The molecule has 0 aliphatic heterocycles. The van der Waals surface area contributed by atoms with Crippen LogP contribution in [0.15, 0.2) is 48.5 Å². The molecule has 0 spiro atoms. The number of hydrogen-bond acceptors (Lipinski definition) is 4. The molecular weight excluding hydrogens is 252 g/mol. The fourth-order valence-corrected chi connectivity index (χ4v) is 1.91. The van der Waals surface area contributed by atoms with Crippen molar-refractivity contribution in [3.63, 3.8) is 0 Å². The second-order valence-electron chi connectivity index (χ2n) is 4.18. The minimum absolute atomic E-state index is 0.447. The molecule has 4 heteroatoms. The Bertz CT molecular complexity index is 603. The van der Waals surface area contributed by atoms with Gasteiger partial charge in [-0.05, 0) is 29.8 Å². The first-order valence-corrected chi connectivity index (χ1v) is 6.21. The van der Waals surface area contributed by atoms with Crippen molar-refractivity contribution < 1.29 is 9.47 Å². The van der Waals surface area contributed by atoms with Gasteiger partial charge in [0.1, 0.15) is 17.5 Å². The third kappa shape index (κ3) is 3.01. The van der Waals surface area contributed by atoms with Gasteiger partial charge in [-0.15, -0.1) is 0 Å². The van der Waals surface area contributed by atoms with E-state index in [2.05, 4.69) is 11.4 Å². The number of benzene rings is 2. The van der Waals surface area contributed by atoms with Crippen molar-refractivity contribution in [2.75, 3.05) is 19.5 Å². The molecule has 1 N–H and O–H groups in total. The van der Waals surface area contributed by atoms with Crippen molar-refractivity contribution in [3.05, 3.63) is 54.1 Å². The van der Waals surface area contributed by atoms with E-state index in [0.29, 0.717) is 5.75 Å². The van der Waals surface area contributed by atoms with Crippen LogP contribution in [0.1, 0.15) is 11.6 Å². The van der Waals surface area contributed by atoms with Crippen LogP contribution in [-0.4, -0.2) is 14.2 Å². The monoisotopic (exact) mass is 268 g/mol. The van der Waals surface area contributed by atoms with Crippen LogP contribution in [0.2, 0.25) is 0 Å². The van der Waals surface area contributed by atoms with Crippen LogP contribution < -0.4 is 14.8 Å². The molecule has 0 unspecified atom stereocenters. The summed E-state index contributed by atoms with van der Waals surface area (Å²) >= 11 is 0. The van der Waals surface area contributed by atoms with E-state index in [1.165, 1.54) is 0 Å². The zero-order valence-corrected chi connectivity index (χ0v) is 11.5. The van der Waals surface area contributed by atoms with Gasteiger partial charge in [0.05, 0.1) is 26.0 Å². The Morgan fingerprint density at radius 2 is 1.70 bits per heavy atom. The second-order valence-corrected chi connectivity index (χ2v) is 4.18. The van der Waals surface area contributed by atoms with Gasteiger partial charge >= 0.3 is 0 Å². The van der Waals surface area contributed by atoms with Gasteiger partial charge in [-0.3, -0.25) is 0 Å². The maximum Gasteiger partial charge on any atom is 0.141 e. The normalized spacial score (nSPS) is 11.2. The Morgan fingerprint density at radius 3 is 2.30 bits per heavy atom. The van der Waals surface area contributed by atoms with E-state index in [4.69, 9.17) is 9.47 Å². The Balaban J connectivity index is 2.22. The number of hydrogen-bond donors (Lipinski definition) is 1. The molecule has 102 valence electrons. The van der Waals surface area contributed by atoms with E-state index < -0.39 is 6.04 Å². The number of methoxy groups -OCH3 is 2. The van der Waals surface area contributed by atoms with Crippen molar-refractivity contribution in [1.82, 2.24) is 0 Å². The fourth-order valence-electron chi connectivity index (χ4n) is 1.91. The van der Waals surface area contributed by atoms with Crippen LogP contribution >= 0.6 is 0 Å². The Labute approximate surface area is 118 Å². The molecule has 0 saturated carbocycles. The van der Waals surface area contributed by atoms with E-state index in [0.717, 1.165) is 17.0 Å². The lowest BCUT2D eigenvalue weighted by Gasteiger charge is -2.16. The minimum Gasteiger partial charge on any atom is -0.497 e. The lowest BCUT2D eigenvalue weighted by atomic mass is 10.1. The number of ether oxygens (including phenoxy) is 2. The van der Waals surface area contributed by atoms with E-state index in [9.17, 15) is 5.26 Å². The average molecular weight is 268 g/mol. The number of rotatable bonds is 5. The lowest BCUT2D eigenvalue weighted by Crippen LogP contribution is -2.09. The molecule has 0 heterocycles. The summed E-state index contributed by atoms with van der Waals surface area (Å²) in [7, 11) is 3.22. The first-order valence-electron chi connectivity index (χ1n) is 6.21. The van der Waals surface area contributed by atoms with E-state index in [1.807, 2.05) is 48.5 Å². The van der Waals surface area contributed by atoms with Gasteiger partial charge in [-0.1, -0.05) is 24.3 Å². The summed E-state index contributed by atoms with van der Waals surface area (Å²) < 4.78 is 10.4. The second kappa shape index (κ2) is 6.48.